The monoisotopic (exact) mass is 553 g/mol. The van der Waals surface area contributed by atoms with Gasteiger partial charge in [-0.3, -0.25) is 14.4 Å². The fourth-order valence-corrected chi connectivity index (χ4v) is 6.09. The number of rotatable bonds is 11. The largest absolute Gasteiger partial charge is 0.354 e. The van der Waals surface area contributed by atoms with Crippen molar-refractivity contribution in [2.45, 2.75) is 57.0 Å². The zero-order valence-electron chi connectivity index (χ0n) is 20.2. The maximum Gasteiger partial charge on any atom is 0.269 e. The van der Waals surface area contributed by atoms with Crippen LogP contribution in [0.2, 0.25) is 10.0 Å². The van der Waals surface area contributed by atoms with Crippen molar-refractivity contribution in [2.75, 3.05) is 13.1 Å². The Morgan fingerprint density at radius 2 is 1.83 bits per heavy atom. The predicted octanol–water partition coefficient (Wildman–Crippen LogP) is 4.25. The second kappa shape index (κ2) is 12.1. The summed E-state index contributed by atoms with van der Waals surface area (Å²) in [6.07, 6.45) is 1.75. The Hall–Kier alpha value is -2.62. The van der Waals surface area contributed by atoms with E-state index in [-0.39, 0.29) is 35.9 Å². The molecule has 1 aliphatic heterocycles. The highest BCUT2D eigenvalue weighted by Crippen LogP contribution is 2.30. The lowest BCUT2D eigenvalue weighted by atomic mass is 10.1. The molecule has 1 aliphatic rings. The number of carbonyl (C=O) groups excluding carboxylic acids is 3. The Morgan fingerprint density at radius 1 is 1.11 bits per heavy atom. The topological polar surface area (TPSA) is 104 Å². The molecule has 11 heteroatoms. The Kier molecular flexibility index (Phi) is 9.38. The Labute approximate surface area is 221 Å². The first kappa shape index (κ1) is 28.0. The highest BCUT2D eigenvalue weighted by molar-refractivity contribution is 7.90. The van der Waals surface area contributed by atoms with Crippen molar-refractivity contribution < 1.29 is 22.8 Å². The number of nitrogens with one attached hydrogen (secondary N) is 1. The molecule has 1 atom stereocenters. The number of carbonyl (C=O) groups is 3. The van der Waals surface area contributed by atoms with Gasteiger partial charge in [0.2, 0.25) is 11.8 Å². The van der Waals surface area contributed by atoms with Crippen LogP contribution in [0.4, 0.5) is 0 Å². The number of nitrogens with zero attached hydrogens (tertiary/aromatic N) is 2. The smallest absolute Gasteiger partial charge is 0.269 e. The van der Waals surface area contributed by atoms with Crippen LogP contribution in [0, 0.1) is 0 Å². The van der Waals surface area contributed by atoms with Crippen molar-refractivity contribution >= 4 is 50.9 Å². The molecule has 194 valence electrons. The van der Waals surface area contributed by atoms with Gasteiger partial charge in [-0.05, 0) is 42.7 Å². The zero-order valence-corrected chi connectivity index (χ0v) is 22.5. The molecule has 0 radical (unpaired) electrons. The molecule has 0 spiro atoms. The summed E-state index contributed by atoms with van der Waals surface area (Å²) in [6.45, 7) is 3.96. The molecule has 1 heterocycles. The fraction of sp³-hybridized carbons (Fsp3) is 0.400. The van der Waals surface area contributed by atoms with Crippen molar-refractivity contribution in [3.8, 4) is 0 Å². The Balaban J connectivity index is 1.83. The highest BCUT2D eigenvalue weighted by Gasteiger charge is 2.41. The van der Waals surface area contributed by atoms with E-state index in [9.17, 15) is 22.8 Å². The molecule has 3 amide bonds. The van der Waals surface area contributed by atoms with Crippen LogP contribution < -0.4 is 5.32 Å². The molecule has 0 bridgehead atoms. The minimum Gasteiger partial charge on any atom is -0.354 e. The summed E-state index contributed by atoms with van der Waals surface area (Å²) in [7, 11) is -4.05. The third kappa shape index (κ3) is 6.02. The van der Waals surface area contributed by atoms with Crippen LogP contribution in [0.3, 0.4) is 0 Å². The molecule has 0 saturated heterocycles. The van der Waals surface area contributed by atoms with Crippen LogP contribution >= 0.6 is 23.2 Å². The molecule has 8 nitrogen and oxygen atoms in total. The van der Waals surface area contributed by atoms with Gasteiger partial charge in [0.15, 0.2) is 0 Å². The molecule has 2 aromatic rings. The normalized spacial score (nSPS) is 14.9. The zero-order chi connectivity index (χ0) is 26.5. The van der Waals surface area contributed by atoms with Gasteiger partial charge in [0.1, 0.15) is 10.9 Å². The van der Waals surface area contributed by atoms with E-state index in [0.29, 0.717) is 32.9 Å². The molecule has 0 fully saturated rings. The lowest BCUT2D eigenvalue weighted by molar-refractivity contribution is -0.141. The van der Waals surface area contributed by atoms with Crippen LogP contribution in [-0.2, 0) is 26.2 Å². The van der Waals surface area contributed by atoms with Crippen LogP contribution in [0.1, 0.15) is 55.5 Å². The van der Waals surface area contributed by atoms with Gasteiger partial charge in [-0.15, -0.1) is 0 Å². The van der Waals surface area contributed by atoms with E-state index in [1.165, 1.54) is 17.0 Å². The summed E-state index contributed by atoms with van der Waals surface area (Å²) in [5, 5.41) is 3.64. The van der Waals surface area contributed by atoms with E-state index in [2.05, 4.69) is 5.32 Å². The molecule has 0 unspecified atom stereocenters. The molecule has 2 aromatic carbocycles. The Morgan fingerprint density at radius 3 is 2.47 bits per heavy atom. The van der Waals surface area contributed by atoms with Crippen molar-refractivity contribution in [1.82, 2.24) is 14.5 Å². The minimum absolute atomic E-state index is 0.0233. The van der Waals surface area contributed by atoms with Gasteiger partial charge in [0, 0.05) is 36.1 Å². The van der Waals surface area contributed by atoms with E-state index in [1.54, 1.807) is 37.3 Å². The molecular weight excluding hydrogens is 525 g/mol. The summed E-state index contributed by atoms with van der Waals surface area (Å²) in [5.41, 5.74) is 0.669. The number of hydrogen-bond acceptors (Lipinski definition) is 5. The predicted molar refractivity (Wildman–Crippen MR) is 138 cm³/mol. The molecule has 0 aromatic heterocycles. The lowest BCUT2D eigenvalue weighted by Crippen LogP contribution is -2.49. The average molecular weight is 554 g/mol. The van der Waals surface area contributed by atoms with Crippen LogP contribution in [0.25, 0.3) is 0 Å². The third-order valence-electron chi connectivity index (χ3n) is 6.01. The summed E-state index contributed by atoms with van der Waals surface area (Å²) in [5.74, 6) is -1.45. The maximum absolute atomic E-state index is 13.5. The third-order valence-corrected chi connectivity index (χ3v) is 8.44. The van der Waals surface area contributed by atoms with Gasteiger partial charge in [-0.25, -0.2) is 12.7 Å². The molecular formula is C25H29Cl2N3O5S. The van der Waals surface area contributed by atoms with Crippen LogP contribution in [-0.4, -0.2) is 54.5 Å². The fourth-order valence-electron chi connectivity index (χ4n) is 4.05. The first-order valence-corrected chi connectivity index (χ1v) is 14.0. The van der Waals surface area contributed by atoms with Gasteiger partial charge in [0.05, 0.1) is 5.56 Å². The number of unbranched alkanes of at least 4 members (excludes halogenated alkanes) is 1. The van der Waals surface area contributed by atoms with Crippen molar-refractivity contribution in [2.24, 2.45) is 0 Å². The maximum atomic E-state index is 13.5. The first-order valence-electron chi connectivity index (χ1n) is 11.8. The van der Waals surface area contributed by atoms with E-state index in [1.807, 2.05) is 6.92 Å². The van der Waals surface area contributed by atoms with Gasteiger partial charge in [-0.2, -0.15) is 0 Å². The number of amides is 3. The van der Waals surface area contributed by atoms with E-state index in [0.717, 1.165) is 12.8 Å². The first-order chi connectivity index (χ1) is 17.1. The molecule has 36 heavy (non-hydrogen) atoms. The average Bonchev–Trinajstić information content (AvgIpc) is 3.04. The summed E-state index contributed by atoms with van der Waals surface area (Å²) < 4.78 is 26.5. The highest BCUT2D eigenvalue weighted by atomic mass is 35.5. The van der Waals surface area contributed by atoms with E-state index < -0.39 is 27.9 Å². The van der Waals surface area contributed by atoms with Crippen molar-refractivity contribution in [3.63, 3.8) is 0 Å². The quantitative estimate of drug-likeness (QED) is 0.419. The second-order valence-corrected chi connectivity index (χ2v) is 11.1. The van der Waals surface area contributed by atoms with Crippen molar-refractivity contribution in [3.05, 3.63) is 63.6 Å². The van der Waals surface area contributed by atoms with Crippen molar-refractivity contribution in [1.29, 1.82) is 0 Å². The molecule has 1 N–H and O–H groups in total. The summed E-state index contributed by atoms with van der Waals surface area (Å²) >= 11 is 12.3. The van der Waals surface area contributed by atoms with Crippen LogP contribution in [0.5, 0.6) is 0 Å². The summed E-state index contributed by atoms with van der Waals surface area (Å²) in [4.78, 5) is 40.5. The summed E-state index contributed by atoms with van der Waals surface area (Å²) in [6, 6.07) is 10.0. The van der Waals surface area contributed by atoms with E-state index in [4.69, 9.17) is 23.2 Å². The number of halogens is 2. The number of hydrogen-bond donors (Lipinski definition) is 1. The second-order valence-electron chi connectivity index (χ2n) is 8.45. The Bertz CT molecular complexity index is 1250. The van der Waals surface area contributed by atoms with Gasteiger partial charge in [-0.1, -0.05) is 61.7 Å². The number of benzene rings is 2. The van der Waals surface area contributed by atoms with E-state index >= 15 is 0 Å². The van der Waals surface area contributed by atoms with Gasteiger partial charge in [0.25, 0.3) is 15.9 Å². The molecule has 3 rings (SSSR count). The van der Waals surface area contributed by atoms with Crippen LogP contribution in [0.15, 0.2) is 47.4 Å². The van der Waals surface area contributed by atoms with Gasteiger partial charge >= 0.3 is 0 Å². The standard InChI is InChI=1S/C25H29Cl2N3O5S/c1-3-5-13-28-24(32)21(4-2)29(16-17-10-11-18(26)15-20(17)27)23(31)12-14-30-25(33)19-8-6-7-9-22(19)36(30,34)35/h6-11,15,21H,3-5,12-14,16H2,1-2H3,(H,28,32)/t21-/m0/s1. The number of sulfonamides is 1. The minimum atomic E-state index is -4.05. The molecule has 0 aliphatic carbocycles. The SMILES string of the molecule is CCCCNC(=O)[C@H](CC)N(Cc1ccc(Cl)cc1Cl)C(=O)CCN1C(=O)c2ccccc2S1(=O)=O. The van der Waals surface area contributed by atoms with Gasteiger partial charge < -0.3 is 10.2 Å². The molecule has 0 saturated carbocycles. The lowest BCUT2D eigenvalue weighted by Gasteiger charge is -2.31. The number of fused-ring (bicyclic) bond motifs is 1.